The second kappa shape index (κ2) is 3.34. The van der Waals surface area contributed by atoms with Gasteiger partial charge in [-0.1, -0.05) is 6.42 Å². The maximum absolute atomic E-state index is 13.5. The molecule has 2 saturated carbocycles. The summed E-state index contributed by atoms with van der Waals surface area (Å²) >= 11 is 0. The van der Waals surface area contributed by atoms with Crippen molar-refractivity contribution < 1.29 is 22.7 Å². The Morgan fingerprint density at radius 2 is 1.73 bits per heavy atom. The van der Waals surface area contributed by atoms with Crippen molar-refractivity contribution in [1.82, 2.24) is 0 Å². The lowest BCUT2D eigenvalue weighted by atomic mass is 9.81. The van der Waals surface area contributed by atoms with Crippen LogP contribution < -0.4 is 0 Å². The van der Waals surface area contributed by atoms with E-state index in [2.05, 4.69) is 0 Å². The molecule has 2 aliphatic carbocycles. The number of halogens is 4. The average molecular weight is 226 g/mol. The molecule has 5 heteroatoms. The smallest absolute Gasteiger partial charge is 0.332 e. The number of hydrogen-bond acceptors (Lipinski definition) is 1. The average Bonchev–Trinajstić information content (AvgIpc) is 2.78. The molecule has 0 spiro atoms. The van der Waals surface area contributed by atoms with Crippen LogP contribution in [0.2, 0.25) is 0 Å². The van der Waals surface area contributed by atoms with Gasteiger partial charge in [0.2, 0.25) is 0 Å². The summed E-state index contributed by atoms with van der Waals surface area (Å²) in [6, 6.07) is 0. The van der Waals surface area contributed by atoms with Crippen LogP contribution in [-0.2, 0) is 0 Å². The Hall–Kier alpha value is -0.320. The number of rotatable bonds is 3. The largest absolute Gasteiger partial charge is 0.390 e. The number of alkyl halides is 4. The van der Waals surface area contributed by atoms with Crippen molar-refractivity contribution in [2.24, 2.45) is 17.8 Å². The van der Waals surface area contributed by atoms with Gasteiger partial charge < -0.3 is 5.11 Å². The fourth-order valence-corrected chi connectivity index (χ4v) is 3.07. The molecule has 2 aliphatic rings. The van der Waals surface area contributed by atoms with E-state index in [4.69, 9.17) is 5.11 Å². The molecule has 0 aromatic carbocycles. The van der Waals surface area contributed by atoms with E-state index in [9.17, 15) is 17.6 Å². The predicted octanol–water partition coefficient (Wildman–Crippen LogP) is 2.69. The van der Waals surface area contributed by atoms with Gasteiger partial charge in [-0.25, -0.2) is 0 Å². The van der Waals surface area contributed by atoms with Gasteiger partial charge in [-0.15, -0.1) is 0 Å². The Bertz CT molecular complexity index is 254. The molecular weight excluding hydrogens is 212 g/mol. The molecule has 3 unspecified atom stereocenters. The van der Waals surface area contributed by atoms with Crippen LogP contribution in [0, 0.1) is 17.8 Å². The minimum atomic E-state index is -4.28. The van der Waals surface area contributed by atoms with Gasteiger partial charge in [-0.2, -0.15) is 17.6 Å². The van der Waals surface area contributed by atoms with Crippen molar-refractivity contribution in [1.29, 1.82) is 0 Å². The van der Waals surface area contributed by atoms with Crippen molar-refractivity contribution in [2.75, 3.05) is 6.61 Å². The summed E-state index contributed by atoms with van der Waals surface area (Å²) in [5.74, 6) is -9.65. The molecule has 88 valence electrons. The Morgan fingerprint density at radius 3 is 2.13 bits per heavy atom. The minimum Gasteiger partial charge on any atom is -0.390 e. The summed E-state index contributed by atoms with van der Waals surface area (Å²) in [5, 5.41) is 8.33. The number of fused-ring (bicyclic) bond motifs is 2. The summed E-state index contributed by atoms with van der Waals surface area (Å²) in [6.45, 7) is -1.77. The molecule has 0 aromatic heterocycles. The van der Waals surface area contributed by atoms with Gasteiger partial charge in [0.05, 0.1) is 0 Å². The van der Waals surface area contributed by atoms with Crippen LogP contribution in [0.25, 0.3) is 0 Å². The summed E-state index contributed by atoms with van der Waals surface area (Å²) < 4.78 is 52.7. The van der Waals surface area contributed by atoms with Gasteiger partial charge in [-0.05, 0) is 31.1 Å². The first kappa shape index (κ1) is 11.2. The Morgan fingerprint density at radius 1 is 1.07 bits per heavy atom. The van der Waals surface area contributed by atoms with Crippen LogP contribution in [0.3, 0.4) is 0 Å². The summed E-state index contributed by atoms with van der Waals surface area (Å²) in [6.07, 6.45) is 2.36. The maximum atomic E-state index is 13.5. The van der Waals surface area contributed by atoms with E-state index in [0.717, 1.165) is 6.42 Å². The molecule has 1 nitrogen and oxygen atoms in total. The molecule has 2 fully saturated rings. The summed E-state index contributed by atoms with van der Waals surface area (Å²) in [5.41, 5.74) is 0. The minimum absolute atomic E-state index is 0.188. The quantitative estimate of drug-likeness (QED) is 0.733. The van der Waals surface area contributed by atoms with Gasteiger partial charge in [0.15, 0.2) is 0 Å². The van der Waals surface area contributed by atoms with Crippen molar-refractivity contribution in [3.8, 4) is 0 Å². The standard InChI is InChI=1S/C10H14F4O/c11-9(12,5-15)10(13,14)8-4-6-1-2-7(8)3-6/h6-8,15H,1-5H2. The highest BCUT2D eigenvalue weighted by Crippen LogP contribution is 2.57. The van der Waals surface area contributed by atoms with Crippen LogP contribution in [0.15, 0.2) is 0 Å². The highest BCUT2D eigenvalue weighted by molar-refractivity contribution is 5.01. The molecule has 0 amide bonds. The highest BCUT2D eigenvalue weighted by atomic mass is 19.3. The molecule has 1 N–H and O–H groups in total. The summed E-state index contributed by atoms with van der Waals surface area (Å²) in [4.78, 5) is 0. The molecule has 0 saturated heterocycles. The fourth-order valence-electron chi connectivity index (χ4n) is 3.07. The number of aliphatic hydroxyl groups excluding tert-OH is 1. The zero-order valence-electron chi connectivity index (χ0n) is 8.23. The van der Waals surface area contributed by atoms with Gasteiger partial charge in [0.1, 0.15) is 6.61 Å². The van der Waals surface area contributed by atoms with Gasteiger partial charge in [0.25, 0.3) is 0 Å². The summed E-state index contributed by atoms with van der Waals surface area (Å²) in [7, 11) is 0. The van der Waals surface area contributed by atoms with Crippen molar-refractivity contribution in [3.05, 3.63) is 0 Å². The van der Waals surface area contributed by atoms with E-state index in [0.29, 0.717) is 12.8 Å². The van der Waals surface area contributed by atoms with Crippen LogP contribution in [0.5, 0.6) is 0 Å². The van der Waals surface area contributed by atoms with E-state index in [1.165, 1.54) is 0 Å². The molecule has 0 aliphatic heterocycles. The third-order valence-electron chi connectivity index (χ3n) is 3.89. The van der Waals surface area contributed by atoms with E-state index < -0.39 is 24.4 Å². The van der Waals surface area contributed by atoms with Crippen LogP contribution in [0.4, 0.5) is 17.6 Å². The molecule has 0 heterocycles. The molecule has 0 aromatic rings. The molecule has 15 heavy (non-hydrogen) atoms. The SMILES string of the molecule is OCC(F)(F)C(F)(F)C1CC2CCC1C2. The van der Waals surface area contributed by atoms with Crippen molar-refractivity contribution >= 4 is 0 Å². The second-order valence-electron chi connectivity index (χ2n) is 4.77. The first-order valence-electron chi connectivity index (χ1n) is 5.25. The normalized spacial score (nSPS) is 36.2. The van der Waals surface area contributed by atoms with E-state index >= 15 is 0 Å². The molecular formula is C10H14F4O. The number of aliphatic hydroxyl groups is 1. The van der Waals surface area contributed by atoms with Gasteiger partial charge in [-0.3, -0.25) is 0 Å². The Labute approximate surface area is 85.5 Å². The zero-order chi connectivity index (χ0) is 11.3. The molecule has 2 rings (SSSR count). The molecule has 3 atom stereocenters. The molecule has 0 radical (unpaired) electrons. The first-order valence-corrected chi connectivity index (χ1v) is 5.25. The van der Waals surface area contributed by atoms with Crippen LogP contribution in [0.1, 0.15) is 25.7 Å². The van der Waals surface area contributed by atoms with Gasteiger partial charge >= 0.3 is 11.8 Å². The van der Waals surface area contributed by atoms with Crippen molar-refractivity contribution in [3.63, 3.8) is 0 Å². The third kappa shape index (κ3) is 1.55. The lowest BCUT2D eigenvalue weighted by Gasteiger charge is -2.34. The highest BCUT2D eigenvalue weighted by Gasteiger charge is 2.64. The Balaban J connectivity index is 2.16. The topological polar surface area (TPSA) is 20.2 Å². The van der Waals surface area contributed by atoms with Gasteiger partial charge in [0, 0.05) is 5.92 Å². The third-order valence-corrected chi connectivity index (χ3v) is 3.89. The van der Waals surface area contributed by atoms with Crippen LogP contribution in [-0.4, -0.2) is 23.6 Å². The van der Waals surface area contributed by atoms with Crippen LogP contribution >= 0.6 is 0 Å². The Kier molecular flexibility index (Phi) is 2.48. The number of hydrogen-bond donors (Lipinski definition) is 1. The predicted molar refractivity (Wildman–Crippen MR) is 45.9 cm³/mol. The van der Waals surface area contributed by atoms with E-state index in [-0.39, 0.29) is 18.3 Å². The fraction of sp³-hybridized carbons (Fsp3) is 1.00. The second-order valence-corrected chi connectivity index (χ2v) is 4.77. The molecule has 2 bridgehead atoms. The monoisotopic (exact) mass is 226 g/mol. The van der Waals surface area contributed by atoms with E-state index in [1.807, 2.05) is 0 Å². The van der Waals surface area contributed by atoms with E-state index in [1.54, 1.807) is 0 Å². The first-order chi connectivity index (χ1) is 6.88. The zero-order valence-corrected chi connectivity index (χ0v) is 8.23. The maximum Gasteiger partial charge on any atom is 0.332 e. The lowest BCUT2D eigenvalue weighted by Crippen LogP contribution is -2.50. The lowest BCUT2D eigenvalue weighted by molar-refractivity contribution is -0.256. The van der Waals surface area contributed by atoms with Crippen molar-refractivity contribution in [2.45, 2.75) is 37.5 Å².